The van der Waals surface area contributed by atoms with E-state index in [-0.39, 0.29) is 6.04 Å². The summed E-state index contributed by atoms with van der Waals surface area (Å²) >= 11 is 0. The Morgan fingerprint density at radius 1 is 1.00 bits per heavy atom. The number of hydrogen-bond acceptors (Lipinski definition) is 5. The Bertz CT molecular complexity index is 803. The number of carbonyl (C=O) groups is 2. The van der Waals surface area contributed by atoms with Crippen molar-refractivity contribution in [1.82, 2.24) is 5.32 Å². The lowest BCUT2D eigenvalue weighted by Gasteiger charge is -2.15. The fourth-order valence-corrected chi connectivity index (χ4v) is 2.45. The molecule has 8 heteroatoms. The minimum Gasteiger partial charge on any atom is -0.493 e. The second kappa shape index (κ2) is 10.1. The Labute approximate surface area is 163 Å². The SMILES string of the molecule is CCC(CC)NC(=O)Oc1ccc(Oc2ccc(NC(=O)O)cc2)c(OC)c1. The van der Waals surface area contributed by atoms with Crippen LogP contribution in [-0.4, -0.2) is 30.4 Å². The summed E-state index contributed by atoms with van der Waals surface area (Å²) in [4.78, 5) is 22.6. The fraction of sp³-hybridized carbons (Fsp3) is 0.300. The fourth-order valence-electron chi connectivity index (χ4n) is 2.45. The third-order valence-corrected chi connectivity index (χ3v) is 3.99. The lowest BCUT2D eigenvalue weighted by Crippen LogP contribution is -2.35. The van der Waals surface area contributed by atoms with Crippen molar-refractivity contribution in [3.8, 4) is 23.0 Å². The van der Waals surface area contributed by atoms with Crippen LogP contribution in [0.25, 0.3) is 0 Å². The molecule has 0 aliphatic heterocycles. The molecule has 0 saturated carbocycles. The Morgan fingerprint density at radius 2 is 1.64 bits per heavy atom. The maximum absolute atomic E-state index is 12.0. The van der Waals surface area contributed by atoms with Crippen LogP contribution in [0, 0.1) is 0 Å². The first-order valence-corrected chi connectivity index (χ1v) is 8.89. The smallest absolute Gasteiger partial charge is 0.412 e. The van der Waals surface area contributed by atoms with E-state index in [4.69, 9.17) is 19.3 Å². The van der Waals surface area contributed by atoms with Crippen molar-refractivity contribution in [2.45, 2.75) is 32.7 Å². The van der Waals surface area contributed by atoms with E-state index in [1.54, 1.807) is 42.5 Å². The molecular weight excluding hydrogens is 364 g/mol. The van der Waals surface area contributed by atoms with Crippen LogP contribution in [0.2, 0.25) is 0 Å². The van der Waals surface area contributed by atoms with Gasteiger partial charge < -0.3 is 24.6 Å². The van der Waals surface area contributed by atoms with Gasteiger partial charge in [0.25, 0.3) is 0 Å². The summed E-state index contributed by atoms with van der Waals surface area (Å²) in [6.45, 7) is 3.99. The van der Waals surface area contributed by atoms with Gasteiger partial charge in [0.1, 0.15) is 11.5 Å². The van der Waals surface area contributed by atoms with Crippen molar-refractivity contribution >= 4 is 17.9 Å². The Balaban J connectivity index is 2.06. The van der Waals surface area contributed by atoms with Gasteiger partial charge in [-0.2, -0.15) is 0 Å². The Hall–Kier alpha value is -3.42. The molecule has 0 aliphatic rings. The number of benzene rings is 2. The van der Waals surface area contributed by atoms with Gasteiger partial charge in [-0.25, -0.2) is 9.59 Å². The van der Waals surface area contributed by atoms with Gasteiger partial charge in [0.2, 0.25) is 0 Å². The average molecular weight is 388 g/mol. The maximum atomic E-state index is 12.0. The molecule has 0 fully saturated rings. The van der Waals surface area contributed by atoms with Crippen LogP contribution in [0.1, 0.15) is 26.7 Å². The molecule has 3 N–H and O–H groups in total. The van der Waals surface area contributed by atoms with Gasteiger partial charge >= 0.3 is 12.2 Å². The van der Waals surface area contributed by atoms with Crippen molar-refractivity contribution in [1.29, 1.82) is 0 Å². The monoisotopic (exact) mass is 388 g/mol. The van der Waals surface area contributed by atoms with E-state index in [2.05, 4.69) is 10.6 Å². The third kappa shape index (κ3) is 6.08. The van der Waals surface area contributed by atoms with Gasteiger partial charge in [-0.3, -0.25) is 5.32 Å². The van der Waals surface area contributed by atoms with E-state index in [1.807, 2.05) is 13.8 Å². The van der Waals surface area contributed by atoms with Gasteiger partial charge in [0.05, 0.1) is 7.11 Å². The summed E-state index contributed by atoms with van der Waals surface area (Å²) in [5.41, 5.74) is 0.430. The topological polar surface area (TPSA) is 106 Å². The minimum atomic E-state index is -1.14. The minimum absolute atomic E-state index is 0.0654. The third-order valence-electron chi connectivity index (χ3n) is 3.99. The van der Waals surface area contributed by atoms with E-state index in [0.717, 1.165) is 12.8 Å². The van der Waals surface area contributed by atoms with Crippen molar-refractivity contribution in [2.75, 3.05) is 12.4 Å². The highest BCUT2D eigenvalue weighted by Gasteiger charge is 2.13. The number of ether oxygens (including phenoxy) is 3. The number of amides is 2. The van der Waals surface area contributed by atoms with E-state index in [9.17, 15) is 9.59 Å². The number of carboxylic acid groups (broad SMARTS) is 1. The molecule has 0 atom stereocenters. The molecule has 0 radical (unpaired) electrons. The molecule has 0 aromatic heterocycles. The van der Waals surface area contributed by atoms with Crippen molar-refractivity contribution in [3.63, 3.8) is 0 Å². The number of rotatable bonds is 8. The molecule has 8 nitrogen and oxygen atoms in total. The van der Waals surface area contributed by atoms with E-state index in [1.165, 1.54) is 7.11 Å². The second-order valence-electron chi connectivity index (χ2n) is 5.92. The highest BCUT2D eigenvalue weighted by atomic mass is 16.6. The summed E-state index contributed by atoms with van der Waals surface area (Å²) in [5.74, 6) is 1.64. The van der Waals surface area contributed by atoms with Crippen LogP contribution in [-0.2, 0) is 0 Å². The number of methoxy groups -OCH3 is 1. The highest BCUT2D eigenvalue weighted by Crippen LogP contribution is 2.35. The molecule has 2 aromatic rings. The summed E-state index contributed by atoms with van der Waals surface area (Å²) < 4.78 is 16.4. The van der Waals surface area contributed by atoms with Gasteiger partial charge in [-0.1, -0.05) is 13.8 Å². The zero-order chi connectivity index (χ0) is 20.5. The van der Waals surface area contributed by atoms with Crippen LogP contribution in [0.4, 0.5) is 15.3 Å². The number of carbonyl (C=O) groups excluding carboxylic acids is 1. The van der Waals surface area contributed by atoms with Crippen molar-refractivity contribution in [3.05, 3.63) is 42.5 Å². The molecule has 0 aliphatic carbocycles. The number of anilines is 1. The quantitative estimate of drug-likeness (QED) is 0.597. The first-order valence-electron chi connectivity index (χ1n) is 8.89. The molecule has 0 bridgehead atoms. The van der Waals surface area contributed by atoms with Crippen LogP contribution >= 0.6 is 0 Å². The van der Waals surface area contributed by atoms with Gasteiger partial charge in [-0.05, 0) is 49.2 Å². The van der Waals surface area contributed by atoms with Crippen molar-refractivity contribution in [2.24, 2.45) is 0 Å². The van der Waals surface area contributed by atoms with E-state index >= 15 is 0 Å². The summed E-state index contributed by atoms with van der Waals surface area (Å²) in [5, 5.41) is 13.7. The summed E-state index contributed by atoms with van der Waals surface area (Å²) in [6.07, 6.45) is -0.0181. The first kappa shape index (κ1) is 20.9. The van der Waals surface area contributed by atoms with Crippen LogP contribution in [0.3, 0.4) is 0 Å². The molecule has 2 aromatic carbocycles. The maximum Gasteiger partial charge on any atom is 0.412 e. The molecule has 0 heterocycles. The second-order valence-corrected chi connectivity index (χ2v) is 5.92. The predicted molar refractivity (Wildman–Crippen MR) is 105 cm³/mol. The Kier molecular flexibility index (Phi) is 7.50. The number of nitrogens with one attached hydrogen (secondary N) is 2. The normalized spacial score (nSPS) is 10.3. The lowest BCUT2D eigenvalue weighted by molar-refractivity contribution is 0.195. The van der Waals surface area contributed by atoms with Gasteiger partial charge in [-0.15, -0.1) is 0 Å². The zero-order valence-corrected chi connectivity index (χ0v) is 16.0. The molecule has 0 spiro atoms. The molecule has 2 rings (SSSR count). The lowest BCUT2D eigenvalue weighted by atomic mass is 10.2. The molecule has 150 valence electrons. The van der Waals surface area contributed by atoms with Gasteiger partial charge in [0, 0.05) is 17.8 Å². The standard InChI is InChI=1S/C20H24N2O6/c1-4-13(5-2)22-20(25)28-16-10-11-17(18(12-16)26-3)27-15-8-6-14(7-9-15)21-19(23)24/h6-13,21H,4-5H2,1-3H3,(H,22,25)(H,23,24). The summed E-state index contributed by atoms with van der Waals surface area (Å²) in [6, 6.07) is 11.3. The van der Waals surface area contributed by atoms with Crippen LogP contribution < -0.4 is 24.8 Å². The highest BCUT2D eigenvalue weighted by molar-refractivity contribution is 5.82. The molecule has 28 heavy (non-hydrogen) atoms. The van der Waals surface area contributed by atoms with Crippen molar-refractivity contribution < 1.29 is 28.9 Å². The Morgan fingerprint density at radius 3 is 2.21 bits per heavy atom. The summed E-state index contributed by atoms with van der Waals surface area (Å²) in [7, 11) is 1.48. The molecule has 2 amide bonds. The van der Waals surface area contributed by atoms with E-state index in [0.29, 0.717) is 28.7 Å². The molecule has 0 unspecified atom stereocenters. The largest absolute Gasteiger partial charge is 0.493 e. The van der Waals surface area contributed by atoms with Crippen LogP contribution in [0.5, 0.6) is 23.0 Å². The van der Waals surface area contributed by atoms with E-state index < -0.39 is 12.2 Å². The number of hydrogen-bond donors (Lipinski definition) is 3. The average Bonchev–Trinajstić information content (AvgIpc) is 2.68. The van der Waals surface area contributed by atoms with Gasteiger partial charge in [0.15, 0.2) is 11.5 Å². The zero-order valence-electron chi connectivity index (χ0n) is 16.0. The first-order chi connectivity index (χ1) is 13.4. The predicted octanol–water partition coefficient (Wildman–Crippen LogP) is 4.85. The molecule has 0 saturated heterocycles. The van der Waals surface area contributed by atoms with Crippen LogP contribution in [0.15, 0.2) is 42.5 Å². The molecular formula is C20H24N2O6.